The zero-order valence-electron chi connectivity index (χ0n) is 11.1. The Morgan fingerprint density at radius 1 is 1.44 bits per heavy atom. The van der Waals surface area contributed by atoms with Gasteiger partial charge in [0.05, 0.1) is 13.2 Å². The van der Waals surface area contributed by atoms with E-state index < -0.39 is 0 Å². The van der Waals surface area contributed by atoms with Crippen LogP contribution in [0.2, 0.25) is 0 Å². The lowest BCUT2D eigenvalue weighted by molar-refractivity contribution is 0.340. The van der Waals surface area contributed by atoms with Crippen molar-refractivity contribution in [2.24, 2.45) is 10.7 Å². The highest BCUT2D eigenvalue weighted by Crippen LogP contribution is 2.13. The normalized spacial score (nSPS) is 11.0. The largest absolute Gasteiger partial charge is 0.494 e. The minimum absolute atomic E-state index is 0. The monoisotopic (exact) mass is 363 g/mol. The third-order valence-electron chi connectivity index (χ3n) is 2.08. The second-order valence-electron chi connectivity index (χ2n) is 4.08. The van der Waals surface area contributed by atoms with Crippen LogP contribution in [0.1, 0.15) is 26.3 Å². The lowest BCUT2D eigenvalue weighted by Gasteiger charge is -2.09. The Kier molecular flexibility index (Phi) is 8.53. The summed E-state index contributed by atoms with van der Waals surface area (Å²) in [6.45, 7) is 7.25. The number of ether oxygens (including phenoxy) is 1. The van der Waals surface area contributed by atoms with Crippen molar-refractivity contribution >= 4 is 29.9 Å². The fraction of sp³-hybridized carbons (Fsp3) is 0.462. The van der Waals surface area contributed by atoms with Crippen molar-refractivity contribution in [2.45, 2.75) is 33.4 Å². The van der Waals surface area contributed by atoms with Gasteiger partial charge < -0.3 is 15.8 Å². The summed E-state index contributed by atoms with van der Waals surface area (Å²) in [4.78, 5) is 4.26. The Morgan fingerprint density at radius 2 is 2.17 bits per heavy atom. The second kappa shape index (κ2) is 9.02. The predicted molar refractivity (Wildman–Crippen MR) is 86.6 cm³/mol. The zero-order chi connectivity index (χ0) is 12.7. The number of guanidine groups is 1. The summed E-state index contributed by atoms with van der Waals surface area (Å²) < 4.78 is 5.42. The Hall–Kier alpha value is -0.980. The number of hydrogen-bond donors (Lipinski definition) is 2. The van der Waals surface area contributed by atoms with Crippen LogP contribution in [0.4, 0.5) is 0 Å². The van der Waals surface area contributed by atoms with Gasteiger partial charge in [0, 0.05) is 6.04 Å². The molecule has 0 spiro atoms. The molecule has 1 aromatic rings. The number of halogens is 1. The molecule has 0 amide bonds. The molecule has 0 aliphatic carbocycles. The van der Waals surface area contributed by atoms with Crippen LogP contribution in [-0.4, -0.2) is 18.6 Å². The molecular formula is C13H22IN3O. The molecular weight excluding hydrogens is 341 g/mol. The quantitative estimate of drug-likeness (QED) is 0.480. The van der Waals surface area contributed by atoms with E-state index in [2.05, 4.69) is 10.3 Å². The fourth-order valence-electron chi connectivity index (χ4n) is 1.42. The van der Waals surface area contributed by atoms with Crippen LogP contribution in [0, 0.1) is 0 Å². The third kappa shape index (κ3) is 6.68. The SMILES string of the molecule is CCOc1cccc(CN=C(N)NC(C)C)c1.I. The van der Waals surface area contributed by atoms with Gasteiger partial charge >= 0.3 is 0 Å². The van der Waals surface area contributed by atoms with Crippen molar-refractivity contribution in [1.82, 2.24) is 5.32 Å². The summed E-state index contributed by atoms with van der Waals surface area (Å²) in [7, 11) is 0. The molecule has 5 heteroatoms. The van der Waals surface area contributed by atoms with Crippen LogP contribution < -0.4 is 15.8 Å². The van der Waals surface area contributed by atoms with Crippen LogP contribution in [0.25, 0.3) is 0 Å². The summed E-state index contributed by atoms with van der Waals surface area (Å²) in [5.74, 6) is 1.34. The van der Waals surface area contributed by atoms with Gasteiger partial charge in [-0.3, -0.25) is 0 Å². The van der Waals surface area contributed by atoms with Gasteiger partial charge in [-0.2, -0.15) is 0 Å². The van der Waals surface area contributed by atoms with E-state index in [4.69, 9.17) is 10.5 Å². The number of rotatable bonds is 5. The maximum atomic E-state index is 5.73. The highest BCUT2D eigenvalue weighted by molar-refractivity contribution is 14.0. The van der Waals surface area contributed by atoms with Crippen molar-refractivity contribution in [3.63, 3.8) is 0 Å². The van der Waals surface area contributed by atoms with Gasteiger partial charge in [-0.1, -0.05) is 12.1 Å². The lowest BCUT2D eigenvalue weighted by Crippen LogP contribution is -2.36. The fourth-order valence-corrected chi connectivity index (χ4v) is 1.42. The van der Waals surface area contributed by atoms with Crippen molar-refractivity contribution < 1.29 is 4.74 Å². The van der Waals surface area contributed by atoms with Crippen LogP contribution in [0.3, 0.4) is 0 Å². The van der Waals surface area contributed by atoms with Gasteiger partial charge in [0.25, 0.3) is 0 Å². The Morgan fingerprint density at radius 3 is 2.78 bits per heavy atom. The average molecular weight is 363 g/mol. The molecule has 0 aliphatic heterocycles. The van der Waals surface area contributed by atoms with Crippen molar-refractivity contribution in [3.05, 3.63) is 29.8 Å². The number of nitrogens with zero attached hydrogens (tertiary/aromatic N) is 1. The maximum Gasteiger partial charge on any atom is 0.189 e. The van der Waals surface area contributed by atoms with E-state index >= 15 is 0 Å². The first-order valence-corrected chi connectivity index (χ1v) is 5.90. The van der Waals surface area contributed by atoms with Gasteiger partial charge in [-0.15, -0.1) is 24.0 Å². The Bertz CT molecular complexity index is 380. The van der Waals surface area contributed by atoms with E-state index in [1.54, 1.807) is 0 Å². The van der Waals surface area contributed by atoms with Crippen LogP contribution in [-0.2, 0) is 6.54 Å². The number of nitrogens with one attached hydrogen (secondary N) is 1. The smallest absolute Gasteiger partial charge is 0.189 e. The summed E-state index contributed by atoms with van der Waals surface area (Å²) in [6, 6.07) is 8.19. The standard InChI is InChI=1S/C13H21N3O.HI/c1-4-17-12-7-5-6-11(8-12)9-15-13(14)16-10(2)3;/h5-8,10H,4,9H2,1-3H3,(H3,14,15,16);1H. The molecule has 0 aromatic heterocycles. The first-order chi connectivity index (χ1) is 8.11. The van der Waals surface area contributed by atoms with Crippen molar-refractivity contribution in [2.75, 3.05) is 6.61 Å². The highest BCUT2D eigenvalue weighted by Gasteiger charge is 1.97. The van der Waals surface area contributed by atoms with E-state index in [0.717, 1.165) is 11.3 Å². The molecule has 0 saturated carbocycles. The van der Waals surface area contributed by atoms with Crippen LogP contribution >= 0.6 is 24.0 Å². The molecule has 3 N–H and O–H groups in total. The second-order valence-corrected chi connectivity index (χ2v) is 4.08. The van der Waals surface area contributed by atoms with E-state index in [-0.39, 0.29) is 24.0 Å². The molecule has 18 heavy (non-hydrogen) atoms. The topological polar surface area (TPSA) is 59.6 Å². The van der Waals surface area contributed by atoms with E-state index in [0.29, 0.717) is 25.2 Å². The van der Waals surface area contributed by atoms with Gasteiger partial charge in [0.15, 0.2) is 5.96 Å². The molecule has 0 heterocycles. The van der Waals surface area contributed by atoms with Gasteiger partial charge in [0.2, 0.25) is 0 Å². The van der Waals surface area contributed by atoms with Gasteiger partial charge in [-0.25, -0.2) is 4.99 Å². The maximum absolute atomic E-state index is 5.73. The number of nitrogens with two attached hydrogens (primary N) is 1. The summed E-state index contributed by atoms with van der Waals surface area (Å²) in [5, 5.41) is 3.05. The molecule has 1 aromatic carbocycles. The van der Waals surface area contributed by atoms with E-state index in [9.17, 15) is 0 Å². The predicted octanol–water partition coefficient (Wildman–Crippen LogP) is 2.52. The number of benzene rings is 1. The zero-order valence-corrected chi connectivity index (χ0v) is 13.5. The molecule has 0 bridgehead atoms. The van der Waals surface area contributed by atoms with E-state index in [1.165, 1.54) is 0 Å². The number of aliphatic imine (C=N–C) groups is 1. The Labute approximate surface area is 126 Å². The summed E-state index contributed by atoms with van der Waals surface area (Å²) >= 11 is 0. The molecule has 0 fully saturated rings. The Balaban J connectivity index is 0.00000289. The molecule has 0 aliphatic rings. The third-order valence-corrected chi connectivity index (χ3v) is 2.08. The molecule has 102 valence electrons. The first kappa shape index (κ1) is 17.0. The van der Waals surface area contributed by atoms with Crippen molar-refractivity contribution in [3.8, 4) is 5.75 Å². The van der Waals surface area contributed by atoms with Gasteiger partial charge in [-0.05, 0) is 38.5 Å². The van der Waals surface area contributed by atoms with Crippen LogP contribution in [0.5, 0.6) is 5.75 Å². The average Bonchev–Trinajstić information content (AvgIpc) is 2.26. The summed E-state index contributed by atoms with van der Waals surface area (Å²) in [5.41, 5.74) is 6.81. The van der Waals surface area contributed by atoms with Crippen LogP contribution in [0.15, 0.2) is 29.3 Å². The minimum Gasteiger partial charge on any atom is -0.494 e. The molecule has 0 atom stereocenters. The molecule has 0 radical (unpaired) electrons. The minimum atomic E-state index is 0. The lowest BCUT2D eigenvalue weighted by atomic mass is 10.2. The molecule has 0 unspecified atom stereocenters. The van der Waals surface area contributed by atoms with Crippen molar-refractivity contribution in [1.29, 1.82) is 0 Å². The molecule has 4 nitrogen and oxygen atoms in total. The molecule has 1 rings (SSSR count). The van der Waals surface area contributed by atoms with E-state index in [1.807, 2.05) is 45.0 Å². The first-order valence-electron chi connectivity index (χ1n) is 5.90. The molecule has 0 saturated heterocycles. The van der Waals surface area contributed by atoms with Gasteiger partial charge in [0.1, 0.15) is 5.75 Å². The highest BCUT2D eigenvalue weighted by atomic mass is 127. The summed E-state index contributed by atoms with van der Waals surface area (Å²) in [6.07, 6.45) is 0. The number of hydrogen-bond acceptors (Lipinski definition) is 2.